The van der Waals surface area contributed by atoms with Gasteiger partial charge in [-0.05, 0) is 35.9 Å². The Morgan fingerprint density at radius 1 is 1.12 bits per heavy atom. The number of aliphatic carboxylic acids is 1. The molecule has 0 bridgehead atoms. The van der Waals surface area contributed by atoms with Crippen molar-refractivity contribution in [2.24, 2.45) is 0 Å². The van der Waals surface area contributed by atoms with E-state index in [1.54, 1.807) is 12.1 Å². The second-order valence-electron chi connectivity index (χ2n) is 6.67. The molecule has 2 heterocycles. The Hall–Kier alpha value is -4.42. The van der Waals surface area contributed by atoms with Crippen LogP contribution in [0.5, 0.6) is 10.9 Å². The van der Waals surface area contributed by atoms with Crippen LogP contribution in [0.3, 0.4) is 0 Å². The Morgan fingerprint density at radius 3 is 2.42 bits per heavy atom. The number of halogens is 3. The summed E-state index contributed by atoms with van der Waals surface area (Å²) in [4.78, 5) is 22.3. The Bertz CT molecular complexity index is 1410. The molecule has 0 amide bonds. The summed E-state index contributed by atoms with van der Waals surface area (Å²) in [6.45, 7) is 0. The fourth-order valence-electron chi connectivity index (χ4n) is 3.06. The van der Waals surface area contributed by atoms with Crippen molar-refractivity contribution in [3.63, 3.8) is 0 Å². The number of aromatic amines is 1. The molecule has 33 heavy (non-hydrogen) atoms. The number of fused-ring (bicyclic) bond motifs is 1. The van der Waals surface area contributed by atoms with Gasteiger partial charge >= 0.3 is 12.1 Å². The molecule has 4 rings (SSSR count). The zero-order chi connectivity index (χ0) is 23.8. The molecule has 0 aliphatic rings. The lowest BCUT2D eigenvalue weighted by Crippen LogP contribution is -2.14. The molecule has 2 N–H and O–H groups in total. The zero-order valence-electron chi connectivity index (χ0n) is 16.2. The van der Waals surface area contributed by atoms with Crippen molar-refractivity contribution in [1.29, 1.82) is 10.5 Å². The standard InChI is InChI=1S/C21H10F3N5O3S/c22-21(23,24)11-3-6-16-13(7-11)29-20(33-16)32-12-4-1-10(2-5-12)17(19(30)31)18-27-14(8-25)15(9-26)28-18/h1-7,17H,(H,27,28)(H,30,31). The first-order valence-electron chi connectivity index (χ1n) is 9.08. The molecule has 2 aromatic heterocycles. The Labute approximate surface area is 187 Å². The van der Waals surface area contributed by atoms with Gasteiger partial charge in [-0.1, -0.05) is 23.5 Å². The van der Waals surface area contributed by atoms with Crippen LogP contribution in [0.2, 0.25) is 0 Å². The number of ether oxygens (including phenoxy) is 1. The molecule has 164 valence electrons. The Balaban J connectivity index is 1.59. The molecule has 0 spiro atoms. The van der Waals surface area contributed by atoms with Crippen LogP contribution < -0.4 is 4.74 Å². The first kappa shape index (κ1) is 21.8. The molecule has 1 unspecified atom stereocenters. The van der Waals surface area contributed by atoms with Gasteiger partial charge in [0.05, 0.1) is 15.8 Å². The van der Waals surface area contributed by atoms with Crippen molar-refractivity contribution in [2.75, 3.05) is 0 Å². The van der Waals surface area contributed by atoms with E-state index in [0.717, 1.165) is 23.5 Å². The molecule has 0 saturated carbocycles. The van der Waals surface area contributed by atoms with Crippen LogP contribution in [-0.2, 0) is 11.0 Å². The van der Waals surface area contributed by atoms with Crippen molar-refractivity contribution in [3.8, 4) is 23.1 Å². The van der Waals surface area contributed by atoms with Crippen LogP contribution in [0, 0.1) is 22.7 Å². The summed E-state index contributed by atoms with van der Waals surface area (Å²) < 4.78 is 44.8. The fourth-order valence-corrected chi connectivity index (χ4v) is 3.88. The topological polar surface area (TPSA) is 136 Å². The van der Waals surface area contributed by atoms with Gasteiger partial charge < -0.3 is 14.8 Å². The van der Waals surface area contributed by atoms with Crippen LogP contribution in [0.15, 0.2) is 42.5 Å². The van der Waals surface area contributed by atoms with E-state index in [-0.39, 0.29) is 33.7 Å². The number of rotatable bonds is 5. The van der Waals surface area contributed by atoms with Gasteiger partial charge in [-0.3, -0.25) is 4.79 Å². The van der Waals surface area contributed by atoms with E-state index in [1.165, 1.54) is 30.3 Å². The average molecular weight is 469 g/mol. The van der Waals surface area contributed by atoms with Gasteiger partial charge in [0, 0.05) is 0 Å². The number of benzene rings is 2. The van der Waals surface area contributed by atoms with Gasteiger partial charge in [-0.15, -0.1) is 0 Å². The minimum atomic E-state index is -4.48. The van der Waals surface area contributed by atoms with Crippen LogP contribution in [0.4, 0.5) is 13.2 Å². The molecular weight excluding hydrogens is 459 g/mol. The quantitative estimate of drug-likeness (QED) is 0.429. The number of carboxylic acid groups (broad SMARTS) is 1. The number of imidazole rings is 1. The number of nitrogens with zero attached hydrogens (tertiary/aromatic N) is 4. The highest BCUT2D eigenvalue weighted by atomic mass is 32.1. The first-order chi connectivity index (χ1) is 15.7. The van der Waals surface area contributed by atoms with Gasteiger partial charge in [0.25, 0.3) is 5.19 Å². The van der Waals surface area contributed by atoms with E-state index in [4.69, 9.17) is 15.3 Å². The van der Waals surface area contributed by atoms with E-state index < -0.39 is 23.6 Å². The summed E-state index contributed by atoms with van der Waals surface area (Å²) >= 11 is 1.06. The third-order valence-electron chi connectivity index (χ3n) is 4.57. The predicted octanol–water partition coefficient (Wildman–Crippen LogP) is 4.79. The van der Waals surface area contributed by atoms with E-state index in [9.17, 15) is 23.1 Å². The van der Waals surface area contributed by atoms with Gasteiger partial charge in [0.15, 0.2) is 11.4 Å². The molecule has 8 nitrogen and oxygen atoms in total. The number of carbonyl (C=O) groups is 1. The van der Waals surface area contributed by atoms with Gasteiger partial charge in [-0.2, -0.15) is 23.7 Å². The van der Waals surface area contributed by atoms with Gasteiger partial charge in [0.2, 0.25) is 0 Å². The van der Waals surface area contributed by atoms with Crippen molar-refractivity contribution in [3.05, 3.63) is 70.8 Å². The Morgan fingerprint density at radius 2 is 1.85 bits per heavy atom. The molecule has 0 aliphatic heterocycles. The highest BCUT2D eigenvalue weighted by molar-refractivity contribution is 7.20. The summed E-state index contributed by atoms with van der Waals surface area (Å²) in [7, 11) is 0. The fraction of sp³-hybridized carbons (Fsp3) is 0.0952. The summed E-state index contributed by atoms with van der Waals surface area (Å²) in [6, 6.07) is 12.6. The minimum absolute atomic E-state index is 0.0732. The normalized spacial score (nSPS) is 12.2. The number of H-pyrrole nitrogens is 1. The predicted molar refractivity (Wildman–Crippen MR) is 109 cm³/mol. The lowest BCUT2D eigenvalue weighted by Gasteiger charge is -2.11. The number of hydrogen-bond donors (Lipinski definition) is 2. The molecular formula is C21H10F3N5O3S. The van der Waals surface area contributed by atoms with Crippen molar-refractivity contribution in [2.45, 2.75) is 12.1 Å². The van der Waals surface area contributed by atoms with Crippen molar-refractivity contribution in [1.82, 2.24) is 15.0 Å². The van der Waals surface area contributed by atoms with Gasteiger partial charge in [0.1, 0.15) is 29.6 Å². The SMILES string of the molecule is N#Cc1nc(C(C(=O)O)c2ccc(Oc3nc4cc(C(F)(F)F)ccc4s3)cc2)[nH]c1C#N. The van der Waals surface area contributed by atoms with Crippen molar-refractivity contribution < 1.29 is 27.8 Å². The molecule has 0 radical (unpaired) electrons. The summed E-state index contributed by atoms with van der Waals surface area (Å²) in [5.41, 5.74) is -0.706. The maximum absolute atomic E-state index is 12.9. The molecule has 1 atom stereocenters. The average Bonchev–Trinajstić information content (AvgIpc) is 3.36. The number of hydrogen-bond acceptors (Lipinski definition) is 7. The smallest absolute Gasteiger partial charge is 0.416 e. The second kappa shape index (κ2) is 8.26. The second-order valence-corrected chi connectivity index (χ2v) is 7.66. The number of carboxylic acids is 1. The largest absolute Gasteiger partial charge is 0.480 e. The molecule has 0 fully saturated rings. The summed E-state index contributed by atoms with van der Waals surface area (Å²) in [5.74, 6) is -2.31. The minimum Gasteiger partial charge on any atom is -0.480 e. The van der Waals surface area contributed by atoms with E-state index in [0.29, 0.717) is 10.3 Å². The van der Waals surface area contributed by atoms with Crippen LogP contribution >= 0.6 is 11.3 Å². The number of nitriles is 2. The third-order valence-corrected chi connectivity index (χ3v) is 5.49. The van der Waals surface area contributed by atoms with Crippen LogP contribution in [0.25, 0.3) is 10.2 Å². The molecule has 2 aromatic carbocycles. The molecule has 4 aromatic rings. The lowest BCUT2D eigenvalue weighted by atomic mass is 9.98. The molecule has 0 aliphatic carbocycles. The van der Waals surface area contributed by atoms with E-state index in [2.05, 4.69) is 15.0 Å². The maximum Gasteiger partial charge on any atom is 0.416 e. The van der Waals surface area contributed by atoms with Gasteiger partial charge in [-0.25, -0.2) is 9.97 Å². The summed E-state index contributed by atoms with van der Waals surface area (Å²) in [5, 5.41) is 27.8. The lowest BCUT2D eigenvalue weighted by molar-refractivity contribution is -0.138. The van der Waals surface area contributed by atoms with E-state index in [1.807, 2.05) is 0 Å². The first-order valence-corrected chi connectivity index (χ1v) is 9.89. The maximum atomic E-state index is 12.9. The zero-order valence-corrected chi connectivity index (χ0v) is 17.0. The van der Waals surface area contributed by atoms with Crippen molar-refractivity contribution >= 4 is 27.5 Å². The monoisotopic (exact) mass is 469 g/mol. The number of thiazole rings is 1. The number of nitrogens with one attached hydrogen (secondary N) is 1. The highest BCUT2D eigenvalue weighted by Crippen LogP contribution is 2.36. The Kier molecular flexibility index (Phi) is 5.45. The molecule has 12 heteroatoms. The molecule has 0 saturated heterocycles. The third kappa shape index (κ3) is 4.33. The van der Waals surface area contributed by atoms with Crippen LogP contribution in [-0.4, -0.2) is 26.0 Å². The van der Waals surface area contributed by atoms with Crippen LogP contribution in [0.1, 0.15) is 34.3 Å². The number of alkyl halides is 3. The van der Waals surface area contributed by atoms with E-state index >= 15 is 0 Å². The number of aromatic nitrogens is 3. The highest BCUT2D eigenvalue weighted by Gasteiger charge is 2.31. The summed E-state index contributed by atoms with van der Waals surface area (Å²) in [6.07, 6.45) is -4.48.